The van der Waals surface area contributed by atoms with Crippen LogP contribution >= 0.6 is 11.3 Å². The summed E-state index contributed by atoms with van der Waals surface area (Å²) in [4.78, 5) is 19.9. The third-order valence-corrected chi connectivity index (χ3v) is 3.64. The van der Waals surface area contributed by atoms with Crippen molar-refractivity contribution in [3.05, 3.63) is 62.8 Å². The van der Waals surface area contributed by atoms with Gasteiger partial charge < -0.3 is 4.98 Å². The highest BCUT2D eigenvalue weighted by atomic mass is 32.1. The van der Waals surface area contributed by atoms with Gasteiger partial charge in [-0.05, 0) is 29.7 Å². The summed E-state index contributed by atoms with van der Waals surface area (Å²) in [5.74, 6) is 0.296. The number of fused-ring (bicyclic) bond motifs is 1. The van der Waals surface area contributed by atoms with Gasteiger partial charge in [0.1, 0.15) is 6.07 Å². The second-order valence-corrected chi connectivity index (χ2v) is 5.10. The van der Waals surface area contributed by atoms with Gasteiger partial charge in [0, 0.05) is 4.88 Å². The normalized spacial score (nSPS) is 11.4. The minimum Gasteiger partial charge on any atom is -0.305 e. The van der Waals surface area contributed by atoms with E-state index in [0.717, 1.165) is 4.88 Å². The standard InChI is InChI=1S/C15H9N3OS/c16-9-10(8-11-4-3-7-20-11)14-17-13-6-2-1-5-12(13)15(19)18-14/h1-8H,(H,17,18,19)/b10-8-. The number of hydrogen-bond acceptors (Lipinski definition) is 4. The lowest BCUT2D eigenvalue weighted by Crippen LogP contribution is -2.11. The van der Waals surface area contributed by atoms with Crippen LogP contribution in [0.4, 0.5) is 0 Å². The van der Waals surface area contributed by atoms with Crippen LogP contribution in [0.2, 0.25) is 0 Å². The van der Waals surface area contributed by atoms with Gasteiger partial charge in [-0.3, -0.25) is 4.79 Å². The van der Waals surface area contributed by atoms with E-state index in [-0.39, 0.29) is 5.56 Å². The molecule has 0 fully saturated rings. The first-order valence-electron chi connectivity index (χ1n) is 5.92. The summed E-state index contributed by atoms with van der Waals surface area (Å²) >= 11 is 1.52. The molecule has 0 radical (unpaired) electrons. The lowest BCUT2D eigenvalue weighted by atomic mass is 10.2. The molecule has 0 saturated carbocycles. The summed E-state index contributed by atoms with van der Waals surface area (Å²) < 4.78 is 0. The SMILES string of the molecule is N#C/C(=C/c1cccs1)c1nc2ccccc2c(=O)[nH]1. The summed E-state index contributed by atoms with van der Waals surface area (Å²) in [5, 5.41) is 11.7. The first-order chi connectivity index (χ1) is 9.78. The van der Waals surface area contributed by atoms with E-state index in [1.54, 1.807) is 24.3 Å². The molecule has 0 unspecified atom stereocenters. The summed E-state index contributed by atoms with van der Waals surface area (Å²) in [6, 6.07) is 13.0. The third kappa shape index (κ3) is 2.25. The van der Waals surface area contributed by atoms with Crippen molar-refractivity contribution >= 4 is 33.9 Å². The van der Waals surface area contributed by atoms with Crippen molar-refractivity contribution < 1.29 is 0 Å². The van der Waals surface area contributed by atoms with Crippen LogP contribution in [0, 0.1) is 11.3 Å². The number of aromatic nitrogens is 2. The van der Waals surface area contributed by atoms with Gasteiger partial charge in [-0.1, -0.05) is 18.2 Å². The molecule has 96 valence electrons. The topological polar surface area (TPSA) is 69.5 Å². The number of thiophene rings is 1. The number of benzene rings is 1. The number of rotatable bonds is 2. The number of allylic oxidation sites excluding steroid dienone is 1. The maximum atomic E-state index is 12.0. The number of aromatic amines is 1. The molecule has 5 heteroatoms. The van der Waals surface area contributed by atoms with Crippen molar-refractivity contribution in [3.8, 4) is 6.07 Å². The second-order valence-electron chi connectivity index (χ2n) is 4.12. The highest BCUT2D eigenvalue weighted by molar-refractivity contribution is 7.10. The maximum absolute atomic E-state index is 12.0. The minimum absolute atomic E-state index is 0.238. The Morgan fingerprint density at radius 3 is 2.90 bits per heavy atom. The van der Waals surface area contributed by atoms with Crippen molar-refractivity contribution in [2.45, 2.75) is 0 Å². The average Bonchev–Trinajstić information content (AvgIpc) is 2.97. The number of H-pyrrole nitrogens is 1. The molecule has 3 rings (SSSR count). The van der Waals surface area contributed by atoms with E-state index in [4.69, 9.17) is 0 Å². The molecule has 0 aliphatic carbocycles. The van der Waals surface area contributed by atoms with E-state index < -0.39 is 0 Å². The predicted octanol–water partition coefficient (Wildman–Crippen LogP) is 3.05. The van der Waals surface area contributed by atoms with Gasteiger partial charge in [-0.15, -0.1) is 11.3 Å². The van der Waals surface area contributed by atoms with Crippen LogP contribution in [0.15, 0.2) is 46.6 Å². The molecular weight excluding hydrogens is 270 g/mol. The van der Waals surface area contributed by atoms with E-state index in [9.17, 15) is 10.1 Å². The first-order valence-corrected chi connectivity index (χ1v) is 6.80. The molecule has 4 nitrogen and oxygen atoms in total. The molecule has 3 aromatic rings. The lowest BCUT2D eigenvalue weighted by Gasteiger charge is -2.01. The van der Waals surface area contributed by atoms with Crippen LogP contribution in [0.25, 0.3) is 22.6 Å². The van der Waals surface area contributed by atoms with Crippen LogP contribution in [-0.4, -0.2) is 9.97 Å². The molecule has 0 aliphatic rings. The van der Waals surface area contributed by atoms with E-state index in [2.05, 4.69) is 16.0 Å². The Morgan fingerprint density at radius 2 is 2.15 bits per heavy atom. The average molecular weight is 279 g/mol. The molecule has 1 aromatic carbocycles. The van der Waals surface area contributed by atoms with Crippen LogP contribution in [0.5, 0.6) is 0 Å². The van der Waals surface area contributed by atoms with Gasteiger partial charge in [-0.25, -0.2) is 4.98 Å². The zero-order valence-corrected chi connectivity index (χ0v) is 11.1. The molecule has 0 spiro atoms. The smallest absolute Gasteiger partial charge is 0.259 e. The molecule has 0 atom stereocenters. The number of hydrogen-bond donors (Lipinski definition) is 1. The Kier molecular flexibility index (Phi) is 3.15. The molecular formula is C15H9N3OS. The van der Waals surface area contributed by atoms with Crippen molar-refractivity contribution in [1.29, 1.82) is 5.26 Å². The third-order valence-electron chi connectivity index (χ3n) is 2.82. The molecule has 0 aliphatic heterocycles. The van der Waals surface area contributed by atoms with Crippen molar-refractivity contribution in [2.75, 3.05) is 0 Å². The Hall–Kier alpha value is -2.71. The summed E-state index contributed by atoms with van der Waals surface area (Å²) in [5.41, 5.74) is 0.687. The molecule has 0 bridgehead atoms. The molecule has 0 saturated heterocycles. The van der Waals surface area contributed by atoms with Crippen LogP contribution in [0.3, 0.4) is 0 Å². The van der Waals surface area contributed by atoms with E-state index in [1.165, 1.54) is 11.3 Å². The maximum Gasteiger partial charge on any atom is 0.259 e. The highest BCUT2D eigenvalue weighted by Crippen LogP contribution is 2.18. The number of nitrogens with one attached hydrogen (secondary N) is 1. The fraction of sp³-hybridized carbons (Fsp3) is 0. The molecule has 1 N–H and O–H groups in total. The van der Waals surface area contributed by atoms with Crippen molar-refractivity contribution in [2.24, 2.45) is 0 Å². The Morgan fingerprint density at radius 1 is 1.30 bits per heavy atom. The van der Waals surface area contributed by atoms with Crippen molar-refractivity contribution in [1.82, 2.24) is 9.97 Å². The summed E-state index contributed by atoms with van der Waals surface area (Å²) in [6.07, 6.45) is 1.72. The number of nitriles is 1. The Balaban J connectivity index is 2.19. The zero-order valence-electron chi connectivity index (χ0n) is 10.3. The zero-order chi connectivity index (χ0) is 13.9. The van der Waals surface area contributed by atoms with Gasteiger partial charge in [0.25, 0.3) is 5.56 Å². The van der Waals surface area contributed by atoms with E-state index in [1.807, 2.05) is 23.6 Å². The first kappa shape index (κ1) is 12.3. The van der Waals surface area contributed by atoms with Gasteiger partial charge in [-0.2, -0.15) is 5.26 Å². The van der Waals surface area contributed by atoms with Crippen LogP contribution in [-0.2, 0) is 0 Å². The fourth-order valence-electron chi connectivity index (χ4n) is 1.88. The molecule has 2 aromatic heterocycles. The van der Waals surface area contributed by atoms with E-state index >= 15 is 0 Å². The second kappa shape index (κ2) is 5.11. The van der Waals surface area contributed by atoms with Gasteiger partial charge in [0.05, 0.1) is 16.5 Å². The lowest BCUT2D eigenvalue weighted by molar-refractivity contribution is 1.13. The van der Waals surface area contributed by atoms with Crippen molar-refractivity contribution in [3.63, 3.8) is 0 Å². The van der Waals surface area contributed by atoms with Crippen LogP contribution in [0.1, 0.15) is 10.7 Å². The van der Waals surface area contributed by atoms with Crippen LogP contribution < -0.4 is 5.56 Å². The largest absolute Gasteiger partial charge is 0.305 e. The Bertz CT molecular complexity index is 885. The van der Waals surface area contributed by atoms with Gasteiger partial charge >= 0.3 is 0 Å². The quantitative estimate of drug-likeness (QED) is 0.733. The van der Waals surface area contributed by atoms with Gasteiger partial charge in [0.15, 0.2) is 5.82 Å². The Labute approximate surface area is 118 Å². The highest BCUT2D eigenvalue weighted by Gasteiger charge is 2.08. The fourth-order valence-corrected chi connectivity index (χ4v) is 2.54. The number of para-hydroxylation sites is 1. The van der Waals surface area contributed by atoms with Gasteiger partial charge in [0.2, 0.25) is 0 Å². The monoisotopic (exact) mass is 279 g/mol. The number of nitrogens with zero attached hydrogens (tertiary/aromatic N) is 2. The minimum atomic E-state index is -0.238. The summed E-state index contributed by atoms with van der Waals surface area (Å²) in [7, 11) is 0. The van der Waals surface area contributed by atoms with E-state index in [0.29, 0.717) is 22.3 Å². The predicted molar refractivity (Wildman–Crippen MR) is 80.2 cm³/mol. The molecule has 2 heterocycles. The molecule has 20 heavy (non-hydrogen) atoms. The molecule has 0 amide bonds. The summed E-state index contributed by atoms with van der Waals surface area (Å²) in [6.45, 7) is 0.